The van der Waals surface area contributed by atoms with Crippen LogP contribution in [0.5, 0.6) is 0 Å². The summed E-state index contributed by atoms with van der Waals surface area (Å²) in [6.07, 6.45) is 0.982. The summed E-state index contributed by atoms with van der Waals surface area (Å²) in [7, 11) is 0. The molecule has 0 radical (unpaired) electrons. The maximum atomic E-state index is 12.5. The lowest BCUT2D eigenvalue weighted by Gasteiger charge is -2.26. The standard InChI is InChI=1S/C14H13BrN2O3/c15-10-2-1-8-3-4-17(11(8)7-10)14(20)9-5-12(18)16-13(19)6-9/h1-2,7,9H,3-6H2,(H,16,18,19). The third-order valence-electron chi connectivity index (χ3n) is 3.70. The van der Waals surface area contributed by atoms with Crippen LogP contribution in [0.1, 0.15) is 18.4 Å². The topological polar surface area (TPSA) is 66.5 Å². The first-order chi connectivity index (χ1) is 9.54. The number of amides is 3. The van der Waals surface area contributed by atoms with Crippen molar-refractivity contribution >= 4 is 39.3 Å². The number of hydrogen-bond acceptors (Lipinski definition) is 3. The molecule has 1 aromatic carbocycles. The molecular formula is C14H13BrN2O3. The van der Waals surface area contributed by atoms with E-state index < -0.39 is 5.92 Å². The highest BCUT2D eigenvalue weighted by molar-refractivity contribution is 9.10. The highest BCUT2D eigenvalue weighted by Crippen LogP contribution is 2.33. The molecule has 0 aliphatic carbocycles. The summed E-state index contributed by atoms with van der Waals surface area (Å²) in [4.78, 5) is 37.0. The van der Waals surface area contributed by atoms with E-state index in [1.807, 2.05) is 18.2 Å². The lowest BCUT2D eigenvalue weighted by Crippen LogP contribution is -2.45. The van der Waals surface area contributed by atoms with Gasteiger partial charge in [-0.3, -0.25) is 19.7 Å². The molecule has 20 heavy (non-hydrogen) atoms. The summed E-state index contributed by atoms with van der Waals surface area (Å²) in [5.74, 6) is -1.41. The molecule has 3 amide bonds. The van der Waals surface area contributed by atoms with E-state index >= 15 is 0 Å². The lowest BCUT2D eigenvalue weighted by molar-refractivity contribution is -0.139. The third-order valence-corrected chi connectivity index (χ3v) is 4.19. The van der Waals surface area contributed by atoms with Gasteiger partial charge in [0, 0.05) is 29.5 Å². The van der Waals surface area contributed by atoms with E-state index in [2.05, 4.69) is 21.2 Å². The second-order valence-corrected chi connectivity index (χ2v) is 6.01. The quantitative estimate of drug-likeness (QED) is 0.788. The normalized spacial score (nSPS) is 18.9. The SMILES string of the molecule is O=C1CC(C(=O)N2CCc3ccc(Br)cc32)CC(=O)N1. The van der Waals surface area contributed by atoms with Crippen LogP contribution in [0.4, 0.5) is 5.69 Å². The van der Waals surface area contributed by atoms with Gasteiger partial charge in [0.15, 0.2) is 0 Å². The number of nitrogens with one attached hydrogen (secondary N) is 1. The van der Waals surface area contributed by atoms with Crippen molar-refractivity contribution in [3.05, 3.63) is 28.2 Å². The highest BCUT2D eigenvalue weighted by Gasteiger charge is 2.35. The monoisotopic (exact) mass is 336 g/mol. The summed E-state index contributed by atoms with van der Waals surface area (Å²) in [5.41, 5.74) is 2.00. The van der Waals surface area contributed by atoms with Crippen molar-refractivity contribution in [3.63, 3.8) is 0 Å². The van der Waals surface area contributed by atoms with Gasteiger partial charge in [-0.05, 0) is 24.1 Å². The van der Waals surface area contributed by atoms with Crippen LogP contribution in [0.25, 0.3) is 0 Å². The van der Waals surface area contributed by atoms with Crippen molar-refractivity contribution in [2.45, 2.75) is 19.3 Å². The predicted molar refractivity (Wildman–Crippen MR) is 76.1 cm³/mol. The first-order valence-corrected chi connectivity index (χ1v) is 7.26. The molecule has 1 N–H and O–H groups in total. The Bertz CT molecular complexity index is 598. The van der Waals surface area contributed by atoms with Gasteiger partial charge >= 0.3 is 0 Å². The van der Waals surface area contributed by atoms with Gasteiger partial charge in [0.2, 0.25) is 17.7 Å². The number of piperidine rings is 1. The van der Waals surface area contributed by atoms with E-state index in [-0.39, 0.29) is 30.6 Å². The van der Waals surface area contributed by atoms with E-state index in [9.17, 15) is 14.4 Å². The fourth-order valence-electron chi connectivity index (χ4n) is 2.75. The van der Waals surface area contributed by atoms with Crippen LogP contribution in [-0.4, -0.2) is 24.3 Å². The number of hydrogen-bond donors (Lipinski definition) is 1. The number of fused-ring (bicyclic) bond motifs is 1. The number of halogens is 1. The molecule has 0 bridgehead atoms. The molecule has 104 valence electrons. The first-order valence-electron chi connectivity index (χ1n) is 6.47. The molecule has 5 nitrogen and oxygen atoms in total. The molecule has 2 heterocycles. The van der Waals surface area contributed by atoms with Crippen molar-refractivity contribution in [2.75, 3.05) is 11.4 Å². The second kappa shape index (κ2) is 5.01. The molecule has 2 aliphatic rings. The fraction of sp³-hybridized carbons (Fsp3) is 0.357. The van der Waals surface area contributed by atoms with Crippen molar-refractivity contribution in [1.29, 1.82) is 0 Å². The molecule has 6 heteroatoms. The van der Waals surface area contributed by atoms with Crippen LogP contribution in [0.15, 0.2) is 22.7 Å². The smallest absolute Gasteiger partial charge is 0.231 e. The van der Waals surface area contributed by atoms with E-state index in [1.54, 1.807) is 4.90 Å². The maximum absolute atomic E-state index is 12.5. The van der Waals surface area contributed by atoms with E-state index in [1.165, 1.54) is 0 Å². The number of nitrogens with zero attached hydrogens (tertiary/aromatic N) is 1. The lowest BCUT2D eigenvalue weighted by atomic mass is 9.95. The summed E-state index contributed by atoms with van der Waals surface area (Å²) < 4.78 is 0.911. The zero-order chi connectivity index (χ0) is 14.3. The van der Waals surface area contributed by atoms with Crippen LogP contribution in [0.3, 0.4) is 0 Å². The summed E-state index contributed by atoms with van der Waals surface area (Å²) in [6.45, 7) is 0.608. The zero-order valence-corrected chi connectivity index (χ0v) is 12.3. The van der Waals surface area contributed by atoms with Crippen LogP contribution < -0.4 is 10.2 Å². The predicted octanol–water partition coefficient (Wildman–Crippen LogP) is 1.39. The Morgan fingerprint density at radius 1 is 1.25 bits per heavy atom. The Morgan fingerprint density at radius 3 is 2.65 bits per heavy atom. The molecule has 0 unspecified atom stereocenters. The summed E-state index contributed by atoms with van der Waals surface area (Å²) in [5, 5.41) is 2.23. The summed E-state index contributed by atoms with van der Waals surface area (Å²) in [6, 6.07) is 5.85. The molecule has 1 fully saturated rings. The third kappa shape index (κ3) is 2.35. The average Bonchev–Trinajstić information content (AvgIpc) is 2.79. The largest absolute Gasteiger partial charge is 0.312 e. The average molecular weight is 337 g/mol. The van der Waals surface area contributed by atoms with Gasteiger partial charge in [-0.1, -0.05) is 22.0 Å². The van der Waals surface area contributed by atoms with Gasteiger partial charge in [0.25, 0.3) is 0 Å². The van der Waals surface area contributed by atoms with E-state index in [4.69, 9.17) is 0 Å². The van der Waals surface area contributed by atoms with Gasteiger partial charge in [0.1, 0.15) is 0 Å². The van der Waals surface area contributed by atoms with Crippen molar-refractivity contribution in [1.82, 2.24) is 5.32 Å². The number of imide groups is 1. The minimum Gasteiger partial charge on any atom is -0.312 e. The molecular weight excluding hydrogens is 324 g/mol. The fourth-order valence-corrected chi connectivity index (χ4v) is 3.10. The molecule has 0 saturated carbocycles. The Morgan fingerprint density at radius 2 is 1.95 bits per heavy atom. The van der Waals surface area contributed by atoms with E-state index in [0.717, 1.165) is 22.1 Å². The van der Waals surface area contributed by atoms with Gasteiger partial charge in [-0.2, -0.15) is 0 Å². The minimum atomic E-state index is -0.541. The Labute approximate surface area is 124 Å². The summed E-state index contributed by atoms with van der Waals surface area (Å²) >= 11 is 3.40. The van der Waals surface area contributed by atoms with Crippen molar-refractivity contribution < 1.29 is 14.4 Å². The highest BCUT2D eigenvalue weighted by atomic mass is 79.9. The number of carbonyl (C=O) groups excluding carboxylic acids is 3. The Kier molecular flexibility index (Phi) is 3.33. The second-order valence-electron chi connectivity index (χ2n) is 5.09. The minimum absolute atomic E-state index is 0.0877. The molecule has 0 atom stereocenters. The Hall–Kier alpha value is -1.69. The first kappa shape index (κ1) is 13.3. The zero-order valence-electron chi connectivity index (χ0n) is 10.7. The number of benzene rings is 1. The number of carbonyl (C=O) groups is 3. The molecule has 3 rings (SSSR count). The van der Waals surface area contributed by atoms with Crippen LogP contribution in [-0.2, 0) is 20.8 Å². The molecule has 1 saturated heterocycles. The van der Waals surface area contributed by atoms with Crippen LogP contribution in [0.2, 0.25) is 0 Å². The maximum Gasteiger partial charge on any atom is 0.231 e. The van der Waals surface area contributed by atoms with Crippen LogP contribution >= 0.6 is 15.9 Å². The van der Waals surface area contributed by atoms with Crippen molar-refractivity contribution in [3.8, 4) is 0 Å². The number of anilines is 1. The Balaban J connectivity index is 1.84. The van der Waals surface area contributed by atoms with Gasteiger partial charge in [-0.25, -0.2) is 0 Å². The number of rotatable bonds is 1. The van der Waals surface area contributed by atoms with Gasteiger partial charge in [0.05, 0.1) is 5.92 Å². The molecule has 0 spiro atoms. The molecule has 0 aromatic heterocycles. The van der Waals surface area contributed by atoms with E-state index in [0.29, 0.717) is 6.54 Å². The van der Waals surface area contributed by atoms with Gasteiger partial charge < -0.3 is 4.90 Å². The van der Waals surface area contributed by atoms with Gasteiger partial charge in [-0.15, -0.1) is 0 Å². The van der Waals surface area contributed by atoms with Crippen LogP contribution in [0, 0.1) is 5.92 Å². The molecule has 1 aromatic rings. The molecule has 2 aliphatic heterocycles. The van der Waals surface area contributed by atoms with Crippen molar-refractivity contribution in [2.24, 2.45) is 5.92 Å².